The zero-order valence-electron chi connectivity index (χ0n) is 12.0. The van der Waals surface area contributed by atoms with Crippen molar-refractivity contribution in [3.63, 3.8) is 0 Å². The number of nitro benzene ring substituents is 1. The van der Waals surface area contributed by atoms with Gasteiger partial charge in [0.1, 0.15) is 17.5 Å². The molecule has 120 valence electrons. The first kappa shape index (κ1) is 17.1. The van der Waals surface area contributed by atoms with Crippen LogP contribution < -0.4 is 5.32 Å². The van der Waals surface area contributed by atoms with Crippen molar-refractivity contribution in [2.45, 2.75) is 0 Å². The Bertz CT molecular complexity index is 890. The van der Waals surface area contributed by atoms with Crippen LogP contribution in [0.4, 0.5) is 15.8 Å². The minimum atomic E-state index is -0.793. The van der Waals surface area contributed by atoms with E-state index in [0.29, 0.717) is 0 Å². The van der Waals surface area contributed by atoms with Gasteiger partial charge in [0, 0.05) is 11.8 Å². The Kier molecular flexibility index (Phi) is 5.24. The number of hydrogen-bond acceptors (Lipinski definition) is 4. The number of carbonyl (C=O) groups excluding carboxylic acids is 1. The fraction of sp³-hybridized carbons (Fsp3) is 0. The number of nitrogens with one attached hydrogen (secondary N) is 1. The molecule has 0 bridgehead atoms. The summed E-state index contributed by atoms with van der Waals surface area (Å²) in [5, 5.41) is 22.3. The van der Waals surface area contributed by atoms with Crippen LogP contribution in [-0.2, 0) is 4.79 Å². The summed E-state index contributed by atoms with van der Waals surface area (Å²) in [4.78, 5) is 22.5. The molecule has 0 aromatic heterocycles. The van der Waals surface area contributed by atoms with E-state index in [9.17, 15) is 19.3 Å². The van der Waals surface area contributed by atoms with Crippen molar-refractivity contribution in [1.29, 1.82) is 5.26 Å². The molecule has 1 amide bonds. The Morgan fingerprint density at radius 2 is 2.04 bits per heavy atom. The van der Waals surface area contributed by atoms with E-state index in [4.69, 9.17) is 16.9 Å². The average molecular weight is 346 g/mol. The Morgan fingerprint density at radius 1 is 1.33 bits per heavy atom. The number of anilines is 1. The number of hydrogen-bond donors (Lipinski definition) is 1. The monoisotopic (exact) mass is 345 g/mol. The molecule has 0 heterocycles. The molecule has 1 N–H and O–H groups in total. The lowest BCUT2D eigenvalue weighted by atomic mass is 10.1. The number of nitriles is 1. The van der Waals surface area contributed by atoms with Crippen LogP contribution in [0.25, 0.3) is 6.08 Å². The molecule has 2 aromatic rings. The van der Waals surface area contributed by atoms with Crippen molar-refractivity contribution in [1.82, 2.24) is 0 Å². The number of halogens is 2. The first-order chi connectivity index (χ1) is 11.4. The lowest BCUT2D eigenvalue weighted by Crippen LogP contribution is -2.13. The maximum atomic E-state index is 13.1. The zero-order valence-corrected chi connectivity index (χ0v) is 12.7. The molecule has 0 radical (unpaired) electrons. The third-order valence-electron chi connectivity index (χ3n) is 2.98. The van der Waals surface area contributed by atoms with Crippen molar-refractivity contribution in [3.8, 4) is 6.07 Å². The van der Waals surface area contributed by atoms with Crippen molar-refractivity contribution >= 4 is 35.0 Å². The summed E-state index contributed by atoms with van der Waals surface area (Å²) in [7, 11) is 0. The van der Waals surface area contributed by atoms with Crippen LogP contribution in [0.1, 0.15) is 5.56 Å². The van der Waals surface area contributed by atoms with Gasteiger partial charge < -0.3 is 5.32 Å². The van der Waals surface area contributed by atoms with Crippen LogP contribution in [0.15, 0.2) is 48.0 Å². The zero-order chi connectivity index (χ0) is 17.7. The van der Waals surface area contributed by atoms with Crippen LogP contribution >= 0.6 is 11.6 Å². The van der Waals surface area contributed by atoms with Gasteiger partial charge in [-0.05, 0) is 30.3 Å². The summed E-state index contributed by atoms with van der Waals surface area (Å²) < 4.78 is 13.1. The molecular weight excluding hydrogens is 337 g/mol. The molecule has 0 saturated carbocycles. The Morgan fingerprint density at radius 3 is 2.67 bits per heavy atom. The fourth-order valence-electron chi connectivity index (χ4n) is 1.85. The predicted octanol–water partition coefficient (Wildman–Crippen LogP) is 3.93. The first-order valence-corrected chi connectivity index (χ1v) is 6.92. The molecule has 0 unspecified atom stereocenters. The van der Waals surface area contributed by atoms with E-state index in [1.165, 1.54) is 30.3 Å². The third kappa shape index (κ3) is 3.94. The second kappa shape index (κ2) is 7.35. The summed E-state index contributed by atoms with van der Waals surface area (Å²) in [5.74, 6) is -1.44. The van der Waals surface area contributed by atoms with Gasteiger partial charge in [0.25, 0.3) is 11.6 Å². The maximum absolute atomic E-state index is 13.1. The van der Waals surface area contributed by atoms with Crippen LogP contribution in [0.2, 0.25) is 5.02 Å². The molecule has 0 aliphatic heterocycles. The molecule has 0 atom stereocenters. The molecule has 0 aliphatic rings. The van der Waals surface area contributed by atoms with Crippen molar-refractivity contribution in [2.24, 2.45) is 0 Å². The van der Waals surface area contributed by atoms with Crippen LogP contribution in [-0.4, -0.2) is 10.8 Å². The Hall–Kier alpha value is -3.24. The molecule has 0 spiro atoms. The predicted molar refractivity (Wildman–Crippen MR) is 86.7 cm³/mol. The van der Waals surface area contributed by atoms with Gasteiger partial charge >= 0.3 is 0 Å². The van der Waals surface area contributed by atoms with E-state index in [1.54, 1.807) is 12.1 Å². The summed E-state index contributed by atoms with van der Waals surface area (Å²) in [6.45, 7) is 0. The number of nitrogens with zero attached hydrogens (tertiary/aromatic N) is 2. The number of amides is 1. The molecule has 2 rings (SSSR count). The van der Waals surface area contributed by atoms with Crippen molar-refractivity contribution < 1.29 is 14.1 Å². The fourth-order valence-corrected chi connectivity index (χ4v) is 2.03. The van der Waals surface area contributed by atoms with E-state index in [-0.39, 0.29) is 27.5 Å². The maximum Gasteiger partial charge on any atom is 0.276 e. The standard InChI is InChI=1S/C16H9ClFN3O3/c17-13-8-12(5-6-14(13)18)20-16(22)11(9-19)7-10-3-1-2-4-15(10)21(23)24/h1-8H,(H,20,22)/b11-7+. The minimum Gasteiger partial charge on any atom is -0.321 e. The van der Waals surface area contributed by atoms with E-state index < -0.39 is 16.6 Å². The highest BCUT2D eigenvalue weighted by Gasteiger charge is 2.15. The Labute approximate surface area is 140 Å². The second-order valence-electron chi connectivity index (χ2n) is 4.57. The molecule has 24 heavy (non-hydrogen) atoms. The summed E-state index contributed by atoms with van der Waals surface area (Å²) in [5.41, 5.74) is -0.269. The number of para-hydroxylation sites is 1. The third-order valence-corrected chi connectivity index (χ3v) is 3.27. The van der Waals surface area contributed by atoms with Gasteiger partial charge in [-0.2, -0.15) is 5.26 Å². The number of nitro groups is 1. The number of benzene rings is 2. The normalized spacial score (nSPS) is 10.8. The van der Waals surface area contributed by atoms with Crippen LogP contribution in [0.5, 0.6) is 0 Å². The Balaban J connectivity index is 2.31. The lowest BCUT2D eigenvalue weighted by molar-refractivity contribution is -0.385. The van der Waals surface area contributed by atoms with Crippen LogP contribution in [0, 0.1) is 27.3 Å². The second-order valence-corrected chi connectivity index (χ2v) is 4.98. The highest BCUT2D eigenvalue weighted by atomic mass is 35.5. The summed E-state index contributed by atoms with van der Waals surface area (Å²) >= 11 is 5.62. The summed E-state index contributed by atoms with van der Waals surface area (Å²) in [6, 6.07) is 10.9. The van der Waals surface area contributed by atoms with Gasteiger partial charge in [-0.25, -0.2) is 4.39 Å². The molecule has 2 aromatic carbocycles. The topological polar surface area (TPSA) is 96.0 Å². The van der Waals surface area contributed by atoms with E-state index in [0.717, 1.165) is 12.1 Å². The largest absolute Gasteiger partial charge is 0.321 e. The SMILES string of the molecule is N#C/C(=C\c1ccccc1[N+](=O)[O-])C(=O)Nc1ccc(F)c(Cl)c1. The highest BCUT2D eigenvalue weighted by Crippen LogP contribution is 2.22. The van der Waals surface area contributed by atoms with Gasteiger partial charge in [-0.15, -0.1) is 0 Å². The first-order valence-electron chi connectivity index (χ1n) is 6.54. The lowest BCUT2D eigenvalue weighted by Gasteiger charge is -2.05. The van der Waals surface area contributed by atoms with Gasteiger partial charge in [0.05, 0.1) is 15.5 Å². The van der Waals surface area contributed by atoms with Gasteiger partial charge in [-0.1, -0.05) is 23.7 Å². The van der Waals surface area contributed by atoms with Gasteiger partial charge in [0.15, 0.2) is 0 Å². The molecule has 6 nitrogen and oxygen atoms in total. The van der Waals surface area contributed by atoms with Crippen molar-refractivity contribution in [3.05, 3.63) is 74.6 Å². The van der Waals surface area contributed by atoms with Gasteiger partial charge in [-0.3, -0.25) is 14.9 Å². The van der Waals surface area contributed by atoms with Gasteiger partial charge in [0.2, 0.25) is 0 Å². The summed E-state index contributed by atoms with van der Waals surface area (Å²) in [6.07, 6.45) is 1.11. The molecule has 0 saturated heterocycles. The molecule has 0 fully saturated rings. The quantitative estimate of drug-likeness (QED) is 0.393. The van der Waals surface area contributed by atoms with E-state index in [1.807, 2.05) is 0 Å². The van der Waals surface area contributed by atoms with E-state index >= 15 is 0 Å². The number of rotatable bonds is 4. The number of carbonyl (C=O) groups is 1. The van der Waals surface area contributed by atoms with Crippen LogP contribution in [0.3, 0.4) is 0 Å². The smallest absolute Gasteiger partial charge is 0.276 e. The average Bonchev–Trinajstić information content (AvgIpc) is 2.56. The molecule has 0 aliphatic carbocycles. The molecule has 8 heteroatoms. The minimum absolute atomic E-state index is 0.117. The highest BCUT2D eigenvalue weighted by molar-refractivity contribution is 6.31. The molecular formula is C16H9ClFN3O3. The van der Waals surface area contributed by atoms with Crippen molar-refractivity contribution in [2.75, 3.05) is 5.32 Å². The van der Waals surface area contributed by atoms with E-state index in [2.05, 4.69) is 5.32 Å².